The van der Waals surface area contributed by atoms with Crippen LogP contribution in [0.25, 0.3) is 11.1 Å². The van der Waals surface area contributed by atoms with Gasteiger partial charge in [0.1, 0.15) is 17.9 Å². The summed E-state index contributed by atoms with van der Waals surface area (Å²) in [5.74, 6) is 1.37. The molecule has 1 unspecified atom stereocenters. The average Bonchev–Trinajstić information content (AvgIpc) is 2.96. The molecule has 1 saturated heterocycles. The van der Waals surface area contributed by atoms with E-state index in [0.717, 1.165) is 41.9 Å². The van der Waals surface area contributed by atoms with Gasteiger partial charge in [0, 0.05) is 31.6 Å². The highest BCUT2D eigenvalue weighted by Gasteiger charge is 2.28. The molecule has 1 atom stereocenters. The van der Waals surface area contributed by atoms with E-state index in [-0.39, 0.29) is 24.0 Å². The van der Waals surface area contributed by atoms with Crippen LogP contribution in [0.15, 0.2) is 23.0 Å². The topological polar surface area (TPSA) is 114 Å². The second kappa shape index (κ2) is 8.20. The fourth-order valence-corrected chi connectivity index (χ4v) is 3.43. The first-order chi connectivity index (χ1) is 13.0. The van der Waals surface area contributed by atoms with Crippen molar-refractivity contribution in [3.8, 4) is 0 Å². The number of ketones is 1. The van der Waals surface area contributed by atoms with Gasteiger partial charge in [0.15, 0.2) is 5.78 Å². The van der Waals surface area contributed by atoms with Gasteiger partial charge < -0.3 is 20.4 Å². The SMILES string of the molecule is Cc1oc2ncnc(N3CCCC(C(=O)NCCC(=O)C=CN)C3)c2c1C. The van der Waals surface area contributed by atoms with Gasteiger partial charge >= 0.3 is 0 Å². The van der Waals surface area contributed by atoms with E-state index in [1.165, 1.54) is 18.6 Å². The average molecular weight is 371 g/mol. The zero-order valence-electron chi connectivity index (χ0n) is 15.7. The summed E-state index contributed by atoms with van der Waals surface area (Å²) in [4.78, 5) is 34.8. The molecular weight excluding hydrogens is 346 g/mol. The standard InChI is InChI=1S/C19H25N5O3/c1-12-13(2)27-19-16(12)17(22-11-23-19)24-9-3-4-14(10-24)18(26)21-8-6-15(25)5-7-20/h5,7,11,14H,3-4,6,8-10,20H2,1-2H3,(H,21,26). The number of nitrogens with two attached hydrogens (primary N) is 1. The molecule has 2 aromatic rings. The third kappa shape index (κ3) is 4.10. The number of aromatic nitrogens is 2. The smallest absolute Gasteiger partial charge is 0.231 e. The highest BCUT2D eigenvalue weighted by Crippen LogP contribution is 2.32. The molecule has 27 heavy (non-hydrogen) atoms. The molecule has 8 nitrogen and oxygen atoms in total. The van der Waals surface area contributed by atoms with Gasteiger partial charge in [-0.15, -0.1) is 0 Å². The van der Waals surface area contributed by atoms with Crippen molar-refractivity contribution in [2.45, 2.75) is 33.1 Å². The van der Waals surface area contributed by atoms with Crippen molar-refractivity contribution in [1.82, 2.24) is 15.3 Å². The summed E-state index contributed by atoms with van der Waals surface area (Å²) in [6, 6.07) is 0. The molecule has 0 spiro atoms. The highest BCUT2D eigenvalue weighted by atomic mass is 16.3. The van der Waals surface area contributed by atoms with Crippen molar-refractivity contribution in [3.05, 3.63) is 29.9 Å². The quantitative estimate of drug-likeness (QED) is 0.741. The highest BCUT2D eigenvalue weighted by molar-refractivity contribution is 5.91. The zero-order valence-corrected chi connectivity index (χ0v) is 15.7. The van der Waals surface area contributed by atoms with Crippen LogP contribution in [0.1, 0.15) is 30.6 Å². The van der Waals surface area contributed by atoms with E-state index in [1.807, 2.05) is 13.8 Å². The lowest BCUT2D eigenvalue weighted by molar-refractivity contribution is -0.125. The van der Waals surface area contributed by atoms with Crippen molar-refractivity contribution in [3.63, 3.8) is 0 Å². The summed E-state index contributed by atoms with van der Waals surface area (Å²) in [5.41, 5.74) is 6.79. The van der Waals surface area contributed by atoms with Crippen molar-refractivity contribution in [2.75, 3.05) is 24.5 Å². The number of carbonyl (C=O) groups is 2. The lowest BCUT2D eigenvalue weighted by atomic mass is 9.96. The van der Waals surface area contributed by atoms with E-state index < -0.39 is 0 Å². The number of hydrogen-bond acceptors (Lipinski definition) is 7. The Morgan fingerprint density at radius 1 is 1.41 bits per heavy atom. The second-order valence-corrected chi connectivity index (χ2v) is 6.81. The minimum Gasteiger partial charge on any atom is -0.443 e. The van der Waals surface area contributed by atoms with Gasteiger partial charge in [-0.1, -0.05) is 0 Å². The number of nitrogens with zero attached hydrogens (tertiary/aromatic N) is 3. The maximum atomic E-state index is 12.5. The largest absolute Gasteiger partial charge is 0.443 e. The zero-order chi connectivity index (χ0) is 19.4. The number of amides is 1. The fraction of sp³-hybridized carbons (Fsp3) is 0.474. The normalized spacial score (nSPS) is 17.6. The molecule has 0 aliphatic carbocycles. The van der Waals surface area contributed by atoms with Crippen LogP contribution in [0.4, 0.5) is 5.82 Å². The fourth-order valence-electron chi connectivity index (χ4n) is 3.43. The number of anilines is 1. The van der Waals surface area contributed by atoms with Crippen LogP contribution in [0.2, 0.25) is 0 Å². The number of piperidine rings is 1. The first-order valence-electron chi connectivity index (χ1n) is 9.15. The number of allylic oxidation sites excluding steroid dienone is 1. The lowest BCUT2D eigenvalue weighted by Gasteiger charge is -2.33. The molecule has 2 aromatic heterocycles. The first kappa shape index (κ1) is 18.9. The van der Waals surface area contributed by atoms with Crippen molar-refractivity contribution in [1.29, 1.82) is 0 Å². The predicted molar refractivity (Wildman–Crippen MR) is 102 cm³/mol. The van der Waals surface area contributed by atoms with Gasteiger partial charge in [-0.05, 0) is 39.0 Å². The Morgan fingerprint density at radius 3 is 3.00 bits per heavy atom. The van der Waals surface area contributed by atoms with Crippen LogP contribution < -0.4 is 16.0 Å². The summed E-state index contributed by atoms with van der Waals surface area (Å²) in [7, 11) is 0. The number of rotatable bonds is 6. The van der Waals surface area contributed by atoms with Gasteiger partial charge in [0.25, 0.3) is 0 Å². The minimum absolute atomic E-state index is 0.0328. The molecule has 0 bridgehead atoms. The van der Waals surface area contributed by atoms with Crippen LogP contribution in [-0.2, 0) is 9.59 Å². The first-order valence-corrected chi connectivity index (χ1v) is 9.15. The van der Waals surface area contributed by atoms with Crippen LogP contribution >= 0.6 is 0 Å². The maximum absolute atomic E-state index is 12.5. The minimum atomic E-state index is -0.141. The summed E-state index contributed by atoms with van der Waals surface area (Å²) in [6.45, 7) is 5.64. The third-order valence-electron chi connectivity index (χ3n) is 4.99. The number of aryl methyl sites for hydroxylation is 2. The molecule has 3 rings (SSSR count). The van der Waals surface area contributed by atoms with E-state index >= 15 is 0 Å². The molecule has 0 saturated carbocycles. The summed E-state index contributed by atoms with van der Waals surface area (Å²) in [6.07, 6.45) is 5.98. The van der Waals surface area contributed by atoms with Gasteiger partial charge in [-0.3, -0.25) is 9.59 Å². The molecule has 3 heterocycles. The van der Waals surface area contributed by atoms with E-state index in [0.29, 0.717) is 18.8 Å². The van der Waals surface area contributed by atoms with Gasteiger partial charge in [-0.2, -0.15) is 0 Å². The van der Waals surface area contributed by atoms with E-state index in [4.69, 9.17) is 10.2 Å². The van der Waals surface area contributed by atoms with E-state index in [1.54, 1.807) is 0 Å². The Morgan fingerprint density at radius 2 is 2.22 bits per heavy atom. The Hall–Kier alpha value is -2.90. The van der Waals surface area contributed by atoms with Gasteiger partial charge in [0.2, 0.25) is 11.6 Å². The number of hydrogen-bond donors (Lipinski definition) is 2. The Labute approximate surface area is 157 Å². The Balaban J connectivity index is 1.68. The molecule has 1 amide bonds. The molecule has 3 N–H and O–H groups in total. The van der Waals surface area contributed by atoms with Gasteiger partial charge in [-0.25, -0.2) is 9.97 Å². The predicted octanol–water partition coefficient (Wildman–Crippen LogP) is 1.60. The molecule has 0 aromatic carbocycles. The summed E-state index contributed by atoms with van der Waals surface area (Å²) >= 11 is 0. The molecule has 1 aliphatic heterocycles. The second-order valence-electron chi connectivity index (χ2n) is 6.81. The Bertz CT molecular complexity index is 874. The third-order valence-corrected chi connectivity index (χ3v) is 4.99. The summed E-state index contributed by atoms with van der Waals surface area (Å²) in [5, 5.41) is 3.77. The number of fused-ring (bicyclic) bond motifs is 1. The summed E-state index contributed by atoms with van der Waals surface area (Å²) < 4.78 is 5.70. The molecule has 1 fully saturated rings. The van der Waals surface area contributed by atoms with Gasteiger partial charge in [0.05, 0.1) is 11.3 Å². The monoisotopic (exact) mass is 371 g/mol. The van der Waals surface area contributed by atoms with Crippen LogP contribution in [0.3, 0.4) is 0 Å². The van der Waals surface area contributed by atoms with E-state index in [2.05, 4.69) is 20.2 Å². The Kier molecular flexibility index (Phi) is 5.73. The number of nitrogens with one attached hydrogen (secondary N) is 1. The maximum Gasteiger partial charge on any atom is 0.231 e. The van der Waals surface area contributed by atoms with Crippen LogP contribution in [0, 0.1) is 19.8 Å². The molecular formula is C19H25N5O3. The molecule has 0 radical (unpaired) electrons. The van der Waals surface area contributed by atoms with Crippen LogP contribution in [0.5, 0.6) is 0 Å². The number of carbonyl (C=O) groups excluding carboxylic acids is 2. The number of furan rings is 1. The van der Waals surface area contributed by atoms with Crippen molar-refractivity contribution < 1.29 is 14.0 Å². The van der Waals surface area contributed by atoms with Crippen LogP contribution in [-0.4, -0.2) is 41.3 Å². The molecule has 144 valence electrons. The van der Waals surface area contributed by atoms with E-state index in [9.17, 15) is 9.59 Å². The molecule has 8 heteroatoms. The molecule has 1 aliphatic rings. The van der Waals surface area contributed by atoms with Crippen molar-refractivity contribution in [2.24, 2.45) is 11.7 Å². The van der Waals surface area contributed by atoms with Crippen molar-refractivity contribution >= 4 is 28.6 Å². The lowest BCUT2D eigenvalue weighted by Crippen LogP contribution is -2.43.